The zero-order valence-corrected chi connectivity index (χ0v) is 14.7. The number of nitrogens with zero attached hydrogens (tertiary/aromatic N) is 3. The van der Waals surface area contributed by atoms with Gasteiger partial charge >= 0.3 is 0 Å². The van der Waals surface area contributed by atoms with Gasteiger partial charge in [0.05, 0.1) is 23.7 Å². The van der Waals surface area contributed by atoms with Crippen molar-refractivity contribution in [3.8, 4) is 0 Å². The highest BCUT2D eigenvalue weighted by Crippen LogP contribution is 2.27. The van der Waals surface area contributed by atoms with Crippen LogP contribution in [0.2, 0.25) is 0 Å². The minimum absolute atomic E-state index is 0.0161. The molecule has 23 heavy (non-hydrogen) atoms. The Labute approximate surface area is 137 Å². The SMILES string of the molecule is CC(C)(C)c1ncc2c(n1)CN(C(=O)CC1CCS(=O)(=O)C1)C2. The summed E-state index contributed by atoms with van der Waals surface area (Å²) in [5.74, 6) is 1.13. The average Bonchev–Trinajstić information content (AvgIpc) is 3.00. The molecule has 1 unspecified atom stereocenters. The summed E-state index contributed by atoms with van der Waals surface area (Å²) in [7, 11) is -2.93. The van der Waals surface area contributed by atoms with Crippen molar-refractivity contribution in [3.63, 3.8) is 0 Å². The Kier molecular flexibility index (Phi) is 3.94. The van der Waals surface area contributed by atoms with Crippen molar-refractivity contribution in [3.05, 3.63) is 23.3 Å². The minimum Gasteiger partial charge on any atom is -0.332 e. The van der Waals surface area contributed by atoms with Crippen molar-refractivity contribution in [2.45, 2.75) is 52.1 Å². The molecule has 0 N–H and O–H groups in total. The number of aromatic nitrogens is 2. The summed E-state index contributed by atoms with van der Waals surface area (Å²) in [6, 6.07) is 0. The Hall–Kier alpha value is -1.50. The minimum atomic E-state index is -2.93. The Morgan fingerprint density at radius 1 is 1.35 bits per heavy atom. The Morgan fingerprint density at radius 2 is 2.09 bits per heavy atom. The van der Waals surface area contributed by atoms with Crippen LogP contribution in [-0.2, 0) is 33.1 Å². The monoisotopic (exact) mass is 337 g/mol. The molecular formula is C16H23N3O3S. The summed E-state index contributed by atoms with van der Waals surface area (Å²) in [6.07, 6.45) is 2.73. The molecule has 0 radical (unpaired) electrons. The third-order valence-electron chi connectivity index (χ3n) is 4.47. The Morgan fingerprint density at radius 3 is 2.70 bits per heavy atom. The van der Waals surface area contributed by atoms with Crippen molar-refractivity contribution >= 4 is 15.7 Å². The second kappa shape index (κ2) is 5.54. The van der Waals surface area contributed by atoms with E-state index in [-0.39, 0.29) is 28.7 Å². The number of hydrogen-bond acceptors (Lipinski definition) is 5. The standard InChI is InChI=1S/C16H23N3O3S/c1-16(2,3)15-17-7-12-8-19(9-13(12)18-15)14(20)6-11-4-5-23(21,22)10-11/h7,11H,4-6,8-10H2,1-3H3. The predicted octanol–water partition coefficient (Wildman–Crippen LogP) is 1.44. The predicted molar refractivity (Wildman–Crippen MR) is 86.4 cm³/mol. The first-order chi connectivity index (χ1) is 10.6. The summed E-state index contributed by atoms with van der Waals surface area (Å²) in [4.78, 5) is 23.2. The highest BCUT2D eigenvalue weighted by molar-refractivity contribution is 7.91. The number of carbonyl (C=O) groups excluding carboxylic acids is 1. The number of rotatable bonds is 2. The molecule has 3 rings (SSSR count). The van der Waals surface area contributed by atoms with Crippen LogP contribution in [0.3, 0.4) is 0 Å². The molecule has 0 aromatic carbocycles. The van der Waals surface area contributed by atoms with E-state index in [0.29, 0.717) is 25.9 Å². The van der Waals surface area contributed by atoms with Crippen molar-refractivity contribution < 1.29 is 13.2 Å². The third-order valence-corrected chi connectivity index (χ3v) is 6.31. The molecule has 1 fully saturated rings. The first kappa shape index (κ1) is 16.4. The summed E-state index contributed by atoms with van der Waals surface area (Å²) in [5.41, 5.74) is 1.78. The molecule has 2 aliphatic heterocycles. The molecule has 2 aliphatic rings. The van der Waals surface area contributed by atoms with E-state index in [9.17, 15) is 13.2 Å². The van der Waals surface area contributed by atoms with Crippen LogP contribution in [0.15, 0.2) is 6.20 Å². The van der Waals surface area contributed by atoms with Crippen LogP contribution in [0.5, 0.6) is 0 Å². The third kappa shape index (κ3) is 3.54. The number of amides is 1. The molecule has 1 amide bonds. The van der Waals surface area contributed by atoms with Crippen molar-refractivity contribution in [1.82, 2.24) is 14.9 Å². The smallest absolute Gasteiger partial charge is 0.223 e. The molecule has 1 aromatic rings. The maximum atomic E-state index is 12.4. The van der Waals surface area contributed by atoms with Crippen molar-refractivity contribution in [2.75, 3.05) is 11.5 Å². The summed E-state index contributed by atoms with van der Waals surface area (Å²) < 4.78 is 23.0. The van der Waals surface area contributed by atoms with Gasteiger partial charge in [0, 0.05) is 30.1 Å². The highest BCUT2D eigenvalue weighted by atomic mass is 32.2. The first-order valence-electron chi connectivity index (χ1n) is 7.97. The van der Waals surface area contributed by atoms with Gasteiger partial charge in [-0.15, -0.1) is 0 Å². The topological polar surface area (TPSA) is 80.2 Å². The molecule has 6 nitrogen and oxygen atoms in total. The van der Waals surface area contributed by atoms with Crippen molar-refractivity contribution in [2.24, 2.45) is 5.92 Å². The lowest BCUT2D eigenvalue weighted by Crippen LogP contribution is -2.27. The van der Waals surface area contributed by atoms with Crippen LogP contribution >= 0.6 is 0 Å². The quantitative estimate of drug-likeness (QED) is 0.816. The van der Waals surface area contributed by atoms with E-state index in [4.69, 9.17) is 0 Å². The molecule has 3 heterocycles. The number of fused-ring (bicyclic) bond motifs is 1. The summed E-state index contributed by atoms with van der Waals surface area (Å²) >= 11 is 0. The number of sulfone groups is 1. The summed E-state index contributed by atoms with van der Waals surface area (Å²) in [6.45, 7) is 7.21. The maximum absolute atomic E-state index is 12.4. The van der Waals surface area contributed by atoms with Crippen LogP contribution in [0, 0.1) is 5.92 Å². The second-order valence-corrected chi connectivity index (χ2v) is 9.87. The van der Waals surface area contributed by atoms with Crippen LogP contribution in [0.4, 0.5) is 0 Å². The lowest BCUT2D eigenvalue weighted by molar-refractivity contribution is -0.132. The molecular weight excluding hydrogens is 314 g/mol. The van der Waals surface area contributed by atoms with E-state index < -0.39 is 9.84 Å². The van der Waals surface area contributed by atoms with Crippen LogP contribution in [-0.4, -0.2) is 40.7 Å². The van der Waals surface area contributed by atoms with E-state index in [0.717, 1.165) is 17.1 Å². The first-order valence-corrected chi connectivity index (χ1v) is 9.80. The van der Waals surface area contributed by atoms with E-state index in [1.54, 1.807) is 4.90 Å². The number of carbonyl (C=O) groups is 1. The molecule has 0 saturated carbocycles. The van der Waals surface area contributed by atoms with E-state index in [2.05, 4.69) is 30.7 Å². The second-order valence-electron chi connectivity index (χ2n) is 7.64. The van der Waals surface area contributed by atoms with Crippen LogP contribution in [0.1, 0.15) is 50.7 Å². The molecule has 7 heteroatoms. The Balaban J connectivity index is 1.66. The summed E-state index contributed by atoms with van der Waals surface area (Å²) in [5, 5.41) is 0. The fourth-order valence-corrected chi connectivity index (χ4v) is 4.96. The van der Waals surface area contributed by atoms with E-state index in [1.807, 2.05) is 6.20 Å². The zero-order valence-electron chi connectivity index (χ0n) is 13.9. The van der Waals surface area contributed by atoms with Crippen LogP contribution in [0.25, 0.3) is 0 Å². The Bertz CT molecular complexity index is 737. The molecule has 0 aliphatic carbocycles. The average molecular weight is 337 g/mol. The molecule has 1 atom stereocenters. The van der Waals surface area contributed by atoms with Gasteiger partial charge in [-0.25, -0.2) is 18.4 Å². The van der Waals surface area contributed by atoms with Gasteiger partial charge < -0.3 is 4.90 Å². The molecule has 1 aromatic heterocycles. The highest BCUT2D eigenvalue weighted by Gasteiger charge is 2.33. The lowest BCUT2D eigenvalue weighted by atomic mass is 9.95. The van der Waals surface area contributed by atoms with E-state index >= 15 is 0 Å². The molecule has 1 saturated heterocycles. The maximum Gasteiger partial charge on any atom is 0.223 e. The molecule has 0 bridgehead atoms. The van der Waals surface area contributed by atoms with Gasteiger partial charge in [-0.3, -0.25) is 4.79 Å². The van der Waals surface area contributed by atoms with E-state index in [1.165, 1.54) is 0 Å². The zero-order chi connectivity index (χ0) is 16.8. The molecule has 0 spiro atoms. The van der Waals surface area contributed by atoms with Crippen molar-refractivity contribution in [1.29, 1.82) is 0 Å². The van der Waals surface area contributed by atoms with Gasteiger partial charge in [0.2, 0.25) is 5.91 Å². The lowest BCUT2D eigenvalue weighted by Gasteiger charge is -2.17. The van der Waals surface area contributed by atoms with Gasteiger partial charge in [0.1, 0.15) is 5.82 Å². The fraction of sp³-hybridized carbons (Fsp3) is 0.688. The largest absolute Gasteiger partial charge is 0.332 e. The fourth-order valence-electron chi connectivity index (χ4n) is 3.10. The van der Waals surface area contributed by atoms with Gasteiger partial charge in [0.25, 0.3) is 0 Å². The van der Waals surface area contributed by atoms with Gasteiger partial charge in [-0.05, 0) is 12.3 Å². The van der Waals surface area contributed by atoms with Gasteiger partial charge in [0.15, 0.2) is 9.84 Å². The van der Waals surface area contributed by atoms with Gasteiger partial charge in [-0.2, -0.15) is 0 Å². The van der Waals surface area contributed by atoms with Gasteiger partial charge in [-0.1, -0.05) is 20.8 Å². The number of hydrogen-bond donors (Lipinski definition) is 0. The van der Waals surface area contributed by atoms with Crippen LogP contribution < -0.4 is 0 Å². The normalized spacial score (nSPS) is 23.1. The molecule has 126 valence electrons.